The fourth-order valence-electron chi connectivity index (χ4n) is 3.90. The highest BCUT2D eigenvalue weighted by Crippen LogP contribution is 2.27. The number of benzene rings is 1. The molecule has 7 nitrogen and oxygen atoms in total. The molecule has 0 unspecified atom stereocenters. The number of anilines is 1. The number of thiophene rings is 1. The quantitative estimate of drug-likeness (QED) is 0.671. The summed E-state index contributed by atoms with van der Waals surface area (Å²) in [5.41, 5.74) is 0.482. The van der Waals surface area contributed by atoms with Crippen molar-refractivity contribution in [2.24, 2.45) is 5.92 Å². The number of fused-ring (bicyclic) bond motifs is 1. The van der Waals surface area contributed by atoms with Gasteiger partial charge in [-0.25, -0.2) is 9.37 Å². The summed E-state index contributed by atoms with van der Waals surface area (Å²) in [4.78, 5) is 45.3. The number of rotatable bonds is 4. The molecule has 2 aromatic heterocycles. The van der Waals surface area contributed by atoms with Gasteiger partial charge < -0.3 is 10.2 Å². The fraction of sp³-hybridized carbons (Fsp3) is 0.364. The summed E-state index contributed by atoms with van der Waals surface area (Å²) in [6.45, 7) is 5.13. The van der Waals surface area contributed by atoms with Crippen LogP contribution in [0.1, 0.15) is 35.0 Å². The van der Waals surface area contributed by atoms with Gasteiger partial charge in [-0.05, 0) is 49.4 Å². The van der Waals surface area contributed by atoms with Crippen molar-refractivity contribution in [3.8, 4) is 0 Å². The number of piperidine rings is 1. The molecule has 3 aromatic rings. The van der Waals surface area contributed by atoms with Crippen LogP contribution < -0.4 is 10.9 Å². The lowest BCUT2D eigenvalue weighted by molar-refractivity contribution is -0.133. The highest BCUT2D eigenvalue weighted by Gasteiger charge is 2.23. The maximum atomic E-state index is 13.4. The average Bonchev–Trinajstić information content (AvgIpc) is 3.07. The second-order valence-electron chi connectivity index (χ2n) is 7.97. The largest absolute Gasteiger partial charge is 0.341 e. The topological polar surface area (TPSA) is 84.3 Å². The molecule has 1 saturated heterocycles. The first-order valence-electron chi connectivity index (χ1n) is 10.2. The molecule has 0 saturated carbocycles. The first-order chi connectivity index (χ1) is 14.8. The lowest BCUT2D eigenvalue weighted by Gasteiger charge is -2.31. The van der Waals surface area contributed by atoms with Crippen LogP contribution in [0.25, 0.3) is 10.2 Å². The van der Waals surface area contributed by atoms with Crippen molar-refractivity contribution in [1.82, 2.24) is 14.5 Å². The van der Waals surface area contributed by atoms with Gasteiger partial charge in [0.1, 0.15) is 17.2 Å². The lowest BCUT2D eigenvalue weighted by Crippen LogP contribution is -2.42. The van der Waals surface area contributed by atoms with Crippen molar-refractivity contribution in [3.63, 3.8) is 0 Å². The Hall–Kier alpha value is -3.07. The second-order valence-corrected chi connectivity index (χ2v) is 8.96. The van der Waals surface area contributed by atoms with Crippen LogP contribution in [-0.2, 0) is 11.3 Å². The number of halogens is 1. The number of amides is 2. The van der Waals surface area contributed by atoms with E-state index in [1.54, 1.807) is 17.9 Å². The molecule has 1 atom stereocenters. The maximum absolute atomic E-state index is 13.4. The van der Waals surface area contributed by atoms with Crippen LogP contribution in [0.15, 0.2) is 35.4 Å². The Bertz CT molecular complexity index is 1220. The van der Waals surface area contributed by atoms with E-state index in [0.717, 1.165) is 24.2 Å². The maximum Gasteiger partial charge on any atom is 0.266 e. The minimum Gasteiger partial charge on any atom is -0.341 e. The van der Waals surface area contributed by atoms with Crippen molar-refractivity contribution in [1.29, 1.82) is 0 Å². The average molecular weight is 443 g/mol. The number of hydrogen-bond donors (Lipinski definition) is 1. The van der Waals surface area contributed by atoms with Gasteiger partial charge in [0.2, 0.25) is 5.91 Å². The second kappa shape index (κ2) is 8.58. The van der Waals surface area contributed by atoms with Crippen LogP contribution in [0.2, 0.25) is 0 Å². The molecule has 0 spiro atoms. The molecular weight excluding hydrogens is 419 g/mol. The molecule has 9 heteroatoms. The van der Waals surface area contributed by atoms with E-state index in [1.165, 1.54) is 29.1 Å². The van der Waals surface area contributed by atoms with Crippen molar-refractivity contribution in [2.75, 3.05) is 18.4 Å². The summed E-state index contributed by atoms with van der Waals surface area (Å²) in [6.07, 6.45) is 3.43. The standard InChI is InChI=1S/C22H23FN4O3S/c1-13-5-4-8-26(10-13)17(28)11-27-12-24-21-18(22(27)30)14(2)19(31-21)20(29)25-16-7-3-6-15(23)9-16/h3,6-7,9,12-13H,4-5,8,10-11H2,1-2H3,(H,25,29)/t13-/m1/s1. The Morgan fingerprint density at radius 2 is 2.16 bits per heavy atom. The van der Waals surface area contributed by atoms with E-state index < -0.39 is 11.7 Å². The monoisotopic (exact) mass is 442 g/mol. The number of hydrogen-bond acceptors (Lipinski definition) is 5. The molecule has 2 amide bonds. The zero-order valence-corrected chi connectivity index (χ0v) is 18.2. The van der Waals surface area contributed by atoms with Crippen molar-refractivity contribution < 1.29 is 14.0 Å². The Kier molecular flexibility index (Phi) is 5.86. The fourth-order valence-corrected chi connectivity index (χ4v) is 4.94. The number of carbonyl (C=O) groups is 2. The molecule has 0 bridgehead atoms. The molecule has 31 heavy (non-hydrogen) atoms. The first kappa shape index (κ1) is 21.2. The summed E-state index contributed by atoms with van der Waals surface area (Å²) >= 11 is 1.10. The lowest BCUT2D eigenvalue weighted by atomic mass is 10.0. The predicted molar refractivity (Wildman–Crippen MR) is 118 cm³/mol. The first-order valence-corrected chi connectivity index (χ1v) is 11.0. The van der Waals surface area contributed by atoms with Crippen LogP contribution in [0.5, 0.6) is 0 Å². The third kappa shape index (κ3) is 4.36. The number of nitrogens with zero attached hydrogens (tertiary/aromatic N) is 3. The summed E-state index contributed by atoms with van der Waals surface area (Å²) in [5, 5.41) is 2.98. The molecule has 1 aromatic carbocycles. The van der Waals surface area contributed by atoms with Crippen LogP contribution in [-0.4, -0.2) is 39.4 Å². The molecular formula is C22H23FN4O3S. The van der Waals surface area contributed by atoms with Gasteiger partial charge in [0.05, 0.1) is 16.6 Å². The van der Waals surface area contributed by atoms with E-state index in [0.29, 0.717) is 45.4 Å². The van der Waals surface area contributed by atoms with Gasteiger partial charge in [0.15, 0.2) is 0 Å². The molecule has 0 aliphatic carbocycles. The smallest absolute Gasteiger partial charge is 0.266 e. The third-order valence-electron chi connectivity index (χ3n) is 5.52. The summed E-state index contributed by atoms with van der Waals surface area (Å²) in [6, 6.07) is 5.60. The van der Waals surface area contributed by atoms with Crippen LogP contribution >= 0.6 is 11.3 Å². The Balaban J connectivity index is 1.59. The predicted octanol–water partition coefficient (Wildman–Crippen LogP) is 3.42. The normalized spacial score (nSPS) is 16.5. The van der Waals surface area contributed by atoms with E-state index in [1.807, 2.05) is 0 Å². The number of carbonyl (C=O) groups excluding carboxylic acids is 2. The summed E-state index contributed by atoms with van der Waals surface area (Å²) in [7, 11) is 0. The van der Waals surface area contributed by atoms with Gasteiger partial charge in [0, 0.05) is 18.8 Å². The number of nitrogens with one attached hydrogen (secondary N) is 1. The van der Waals surface area contributed by atoms with E-state index in [-0.39, 0.29) is 18.0 Å². The zero-order valence-electron chi connectivity index (χ0n) is 17.4. The van der Waals surface area contributed by atoms with Gasteiger partial charge in [-0.15, -0.1) is 11.3 Å². The van der Waals surface area contributed by atoms with Gasteiger partial charge in [-0.3, -0.25) is 19.0 Å². The van der Waals surface area contributed by atoms with Crippen LogP contribution in [0, 0.1) is 18.7 Å². The van der Waals surface area contributed by atoms with E-state index in [9.17, 15) is 18.8 Å². The number of likely N-dealkylation sites (tertiary alicyclic amines) is 1. The van der Waals surface area contributed by atoms with E-state index >= 15 is 0 Å². The Morgan fingerprint density at radius 1 is 1.35 bits per heavy atom. The summed E-state index contributed by atoms with van der Waals surface area (Å²) in [5.74, 6) is -0.543. The Labute approximate surface area is 182 Å². The van der Waals surface area contributed by atoms with Gasteiger partial charge in [-0.1, -0.05) is 13.0 Å². The van der Waals surface area contributed by atoms with Crippen molar-refractivity contribution >= 4 is 39.1 Å². The van der Waals surface area contributed by atoms with Crippen LogP contribution in [0.3, 0.4) is 0 Å². The van der Waals surface area contributed by atoms with E-state index in [4.69, 9.17) is 0 Å². The van der Waals surface area contributed by atoms with Gasteiger partial charge in [0.25, 0.3) is 11.5 Å². The highest BCUT2D eigenvalue weighted by atomic mass is 32.1. The molecule has 1 N–H and O–H groups in total. The Morgan fingerprint density at radius 3 is 2.90 bits per heavy atom. The molecule has 1 aliphatic heterocycles. The minimum absolute atomic E-state index is 0.0748. The highest BCUT2D eigenvalue weighted by molar-refractivity contribution is 7.20. The van der Waals surface area contributed by atoms with Gasteiger partial charge in [-0.2, -0.15) is 0 Å². The minimum atomic E-state index is -0.455. The number of aryl methyl sites for hydroxylation is 1. The van der Waals surface area contributed by atoms with E-state index in [2.05, 4.69) is 17.2 Å². The number of aromatic nitrogens is 2. The molecule has 4 rings (SSSR count). The van der Waals surface area contributed by atoms with Crippen molar-refractivity contribution in [3.05, 3.63) is 57.2 Å². The summed E-state index contributed by atoms with van der Waals surface area (Å²) < 4.78 is 14.7. The molecule has 1 aliphatic rings. The third-order valence-corrected chi connectivity index (χ3v) is 6.72. The molecule has 162 valence electrons. The van der Waals surface area contributed by atoms with Crippen LogP contribution in [0.4, 0.5) is 10.1 Å². The molecule has 0 radical (unpaired) electrons. The van der Waals surface area contributed by atoms with Crippen molar-refractivity contribution in [2.45, 2.75) is 33.2 Å². The van der Waals surface area contributed by atoms with Gasteiger partial charge >= 0.3 is 0 Å². The zero-order chi connectivity index (χ0) is 22.1. The molecule has 3 heterocycles. The molecule has 1 fully saturated rings. The SMILES string of the molecule is Cc1c(C(=O)Nc2cccc(F)c2)sc2ncn(CC(=O)N3CCC[C@@H](C)C3)c(=O)c12.